The molecule has 0 fully saturated rings. The van der Waals surface area contributed by atoms with Crippen LogP contribution in [0.2, 0.25) is 15.1 Å². The van der Waals surface area contributed by atoms with Crippen LogP contribution in [0.4, 0.5) is 10.1 Å². The average Bonchev–Trinajstić information content (AvgIpc) is 2.84. The molecule has 0 aromatic heterocycles. The van der Waals surface area contributed by atoms with E-state index < -0.39 is 40.0 Å². The number of nitrogens with zero attached hydrogens (tertiary/aromatic N) is 1. The predicted octanol–water partition coefficient (Wildman–Crippen LogP) is 6.09. The minimum absolute atomic E-state index is 0.0591. The second-order valence-electron chi connectivity index (χ2n) is 8.23. The van der Waals surface area contributed by atoms with Crippen molar-refractivity contribution in [2.45, 2.75) is 25.2 Å². The molecule has 0 aliphatic heterocycles. The van der Waals surface area contributed by atoms with Gasteiger partial charge in [-0.2, -0.15) is 5.26 Å². The summed E-state index contributed by atoms with van der Waals surface area (Å²) in [6.45, 7) is 3.08. The van der Waals surface area contributed by atoms with Gasteiger partial charge in [-0.05, 0) is 42.5 Å². The van der Waals surface area contributed by atoms with Gasteiger partial charge in [-0.3, -0.25) is 9.59 Å². The molecule has 0 aliphatic carbocycles. The van der Waals surface area contributed by atoms with Crippen LogP contribution in [-0.4, -0.2) is 20.2 Å². The Labute approximate surface area is 233 Å². The third kappa shape index (κ3) is 7.14. The zero-order valence-corrected chi connectivity index (χ0v) is 22.9. The van der Waals surface area contributed by atoms with Gasteiger partial charge in [-0.15, -0.1) is 0 Å². The van der Waals surface area contributed by atoms with Crippen molar-refractivity contribution in [3.05, 3.63) is 80.5 Å². The van der Waals surface area contributed by atoms with Gasteiger partial charge in [-0.1, -0.05) is 54.7 Å². The van der Waals surface area contributed by atoms with Crippen LogP contribution in [0.5, 0.6) is 11.5 Å². The number of sulfonamides is 1. The normalized spacial score (nSPS) is 11.1. The lowest BCUT2D eigenvalue weighted by Crippen LogP contribution is -2.33. The van der Waals surface area contributed by atoms with E-state index in [2.05, 4.69) is 5.32 Å². The Morgan fingerprint density at radius 3 is 2.39 bits per heavy atom. The second-order valence-corrected chi connectivity index (χ2v) is 11.2. The van der Waals surface area contributed by atoms with Crippen molar-refractivity contribution in [2.24, 2.45) is 5.92 Å². The molecule has 3 rings (SSSR count). The van der Waals surface area contributed by atoms with Crippen molar-refractivity contribution in [3.8, 4) is 17.6 Å². The summed E-state index contributed by atoms with van der Waals surface area (Å²) in [7, 11) is -4.17. The van der Waals surface area contributed by atoms with Gasteiger partial charge >= 0.3 is 0 Å². The van der Waals surface area contributed by atoms with Gasteiger partial charge in [-0.25, -0.2) is 17.5 Å². The van der Waals surface area contributed by atoms with E-state index >= 15 is 4.39 Å². The number of carbonyl (C=O) groups excluding carboxylic acids is 2. The molecule has 2 amide bonds. The first-order valence-corrected chi connectivity index (χ1v) is 13.4. The number of nitrogens with one attached hydrogen (secondary N) is 2. The molecule has 0 saturated heterocycles. The second kappa shape index (κ2) is 12.0. The van der Waals surface area contributed by atoms with Crippen molar-refractivity contribution >= 4 is 62.3 Å². The fourth-order valence-electron chi connectivity index (χ4n) is 3.05. The fourth-order valence-corrected chi connectivity index (χ4v) is 4.89. The maximum absolute atomic E-state index is 15.2. The molecule has 0 spiro atoms. The molecule has 0 saturated carbocycles. The summed E-state index contributed by atoms with van der Waals surface area (Å²) in [4.78, 5) is 24.1. The molecule has 198 valence electrons. The summed E-state index contributed by atoms with van der Waals surface area (Å²) < 4.78 is 47.5. The highest BCUT2D eigenvalue weighted by atomic mass is 35.5. The molecule has 8 nitrogen and oxygen atoms in total. The highest BCUT2D eigenvalue weighted by Gasteiger charge is 2.22. The minimum Gasteiger partial charge on any atom is -0.453 e. The van der Waals surface area contributed by atoms with E-state index in [1.807, 2.05) is 10.8 Å². The van der Waals surface area contributed by atoms with E-state index in [-0.39, 0.29) is 48.3 Å². The first kappa shape index (κ1) is 29.2. The number of ether oxygens (including phenoxy) is 1. The molecular weight excluding hydrogens is 580 g/mol. The number of benzene rings is 3. The average molecular weight is 599 g/mol. The number of nitriles is 1. The number of carbonyl (C=O) groups is 2. The Morgan fingerprint density at radius 1 is 1.05 bits per heavy atom. The van der Waals surface area contributed by atoms with Crippen LogP contribution in [0.25, 0.3) is 0 Å². The Hall–Kier alpha value is -3.36. The zero-order chi connectivity index (χ0) is 28.2. The molecule has 3 aromatic rings. The Kier molecular flexibility index (Phi) is 9.22. The molecule has 0 bridgehead atoms. The summed E-state index contributed by atoms with van der Waals surface area (Å²) >= 11 is 18.2. The van der Waals surface area contributed by atoms with Crippen LogP contribution in [-0.2, 0) is 26.0 Å². The predicted molar refractivity (Wildman–Crippen MR) is 142 cm³/mol. The molecule has 38 heavy (non-hydrogen) atoms. The van der Waals surface area contributed by atoms with Crippen LogP contribution >= 0.6 is 34.8 Å². The topological polar surface area (TPSA) is 125 Å². The lowest BCUT2D eigenvalue weighted by molar-refractivity contribution is -0.122. The zero-order valence-electron chi connectivity index (χ0n) is 19.8. The van der Waals surface area contributed by atoms with Gasteiger partial charge < -0.3 is 10.1 Å². The molecule has 2 N–H and O–H groups in total. The molecule has 13 heteroatoms. The number of anilines is 1. The van der Waals surface area contributed by atoms with E-state index in [9.17, 15) is 18.0 Å². The largest absolute Gasteiger partial charge is 0.453 e. The van der Waals surface area contributed by atoms with Gasteiger partial charge in [0, 0.05) is 16.5 Å². The number of rotatable bonds is 8. The van der Waals surface area contributed by atoms with Crippen LogP contribution in [0.1, 0.15) is 25.0 Å². The number of halogens is 4. The molecule has 0 heterocycles. The standard InChI is InChI=1S/C25H19Cl3FN3O5S/c1-13(2)25(34)32-38(35,36)18-4-6-21(20(28)11-18)31-22(33)9-15-3-5-19(27)24(23(15)29)37-17-8-14(12-30)7-16(26)10-17/h3-8,10-11,13H,9H2,1-2H3,(H,31,33)(H,32,34). The van der Waals surface area contributed by atoms with E-state index in [0.29, 0.717) is 0 Å². The number of amides is 2. The molecule has 3 aromatic carbocycles. The van der Waals surface area contributed by atoms with Crippen molar-refractivity contribution < 1.29 is 27.1 Å². The highest BCUT2D eigenvalue weighted by molar-refractivity contribution is 7.90. The van der Waals surface area contributed by atoms with Crippen LogP contribution < -0.4 is 14.8 Å². The quantitative estimate of drug-likeness (QED) is 0.323. The molecule has 0 aliphatic rings. The summed E-state index contributed by atoms with van der Waals surface area (Å²) in [5.74, 6) is -3.11. The van der Waals surface area contributed by atoms with E-state index in [0.717, 1.165) is 12.1 Å². The molecular formula is C25H19Cl3FN3O5S. The molecule has 0 radical (unpaired) electrons. The first-order valence-electron chi connectivity index (χ1n) is 10.8. The Balaban J connectivity index is 1.77. The van der Waals surface area contributed by atoms with Crippen molar-refractivity contribution in [1.29, 1.82) is 5.26 Å². The maximum atomic E-state index is 15.2. The third-order valence-corrected chi connectivity index (χ3v) is 7.16. The lowest BCUT2D eigenvalue weighted by Gasteiger charge is -2.13. The molecule has 0 atom stereocenters. The summed E-state index contributed by atoms with van der Waals surface area (Å²) in [6, 6.07) is 12.2. The number of hydrogen-bond acceptors (Lipinski definition) is 6. The Bertz CT molecular complexity index is 1570. The third-order valence-electron chi connectivity index (χ3n) is 4.98. The Morgan fingerprint density at radius 2 is 1.76 bits per heavy atom. The van der Waals surface area contributed by atoms with Gasteiger partial charge in [0.2, 0.25) is 11.8 Å². The highest BCUT2D eigenvalue weighted by Crippen LogP contribution is 2.35. The van der Waals surface area contributed by atoms with Gasteiger partial charge in [0.05, 0.1) is 38.7 Å². The summed E-state index contributed by atoms with van der Waals surface area (Å²) in [5, 5.41) is 11.6. The van der Waals surface area contributed by atoms with Gasteiger partial charge in [0.1, 0.15) is 5.75 Å². The fraction of sp³-hybridized carbons (Fsp3) is 0.160. The minimum atomic E-state index is -4.17. The van der Waals surface area contributed by atoms with E-state index in [4.69, 9.17) is 44.8 Å². The SMILES string of the molecule is CC(C)C(=O)NS(=O)(=O)c1ccc(NC(=O)Cc2ccc(Cl)c(Oc3cc(Cl)cc(C#N)c3)c2F)c(Cl)c1. The lowest BCUT2D eigenvalue weighted by atomic mass is 10.1. The van der Waals surface area contributed by atoms with Crippen LogP contribution in [0.3, 0.4) is 0 Å². The van der Waals surface area contributed by atoms with Crippen molar-refractivity contribution in [3.63, 3.8) is 0 Å². The summed E-state index contributed by atoms with van der Waals surface area (Å²) in [5.41, 5.74) is 0.202. The van der Waals surface area contributed by atoms with Crippen molar-refractivity contribution in [2.75, 3.05) is 5.32 Å². The summed E-state index contributed by atoms with van der Waals surface area (Å²) in [6.07, 6.45) is -0.445. The van der Waals surface area contributed by atoms with E-state index in [1.165, 1.54) is 50.2 Å². The smallest absolute Gasteiger partial charge is 0.264 e. The van der Waals surface area contributed by atoms with Gasteiger partial charge in [0.25, 0.3) is 10.0 Å². The van der Waals surface area contributed by atoms with Crippen LogP contribution in [0, 0.1) is 23.1 Å². The maximum Gasteiger partial charge on any atom is 0.264 e. The van der Waals surface area contributed by atoms with E-state index in [1.54, 1.807) is 0 Å². The van der Waals surface area contributed by atoms with Crippen LogP contribution in [0.15, 0.2) is 53.4 Å². The van der Waals surface area contributed by atoms with Gasteiger partial charge in [0.15, 0.2) is 11.6 Å². The first-order chi connectivity index (χ1) is 17.8. The monoisotopic (exact) mass is 597 g/mol. The van der Waals surface area contributed by atoms with Crippen molar-refractivity contribution in [1.82, 2.24) is 4.72 Å². The number of hydrogen-bond donors (Lipinski definition) is 2. The molecule has 0 unspecified atom stereocenters.